The van der Waals surface area contributed by atoms with E-state index in [0.717, 1.165) is 19.4 Å². The van der Waals surface area contributed by atoms with E-state index in [4.69, 9.17) is 9.47 Å². The molecule has 0 saturated heterocycles. The summed E-state index contributed by atoms with van der Waals surface area (Å²) >= 11 is 0. The molecule has 0 aliphatic carbocycles. The summed E-state index contributed by atoms with van der Waals surface area (Å²) in [6.07, 6.45) is 2.25. The van der Waals surface area contributed by atoms with Crippen molar-refractivity contribution < 1.29 is 9.47 Å². The maximum Gasteiger partial charge on any atom is 0.147 e. The Balaban J connectivity index is 1.88. The van der Waals surface area contributed by atoms with E-state index in [1.165, 1.54) is 16.3 Å². The molecule has 0 fully saturated rings. The Bertz CT molecular complexity index is 474. The highest BCUT2D eigenvalue weighted by atomic mass is 16.7. The third-order valence-corrected chi connectivity index (χ3v) is 2.95. The molecule has 2 heteroatoms. The SMILES string of the molecule is CCCCOCOCc1cccc2ccccc12. The minimum absolute atomic E-state index is 0.378. The van der Waals surface area contributed by atoms with Gasteiger partial charge < -0.3 is 9.47 Å². The second-order valence-electron chi connectivity index (χ2n) is 4.37. The molecular formula is C16H20O2. The standard InChI is InChI=1S/C16H20O2/c1-2-3-11-17-13-18-12-15-9-6-8-14-7-4-5-10-16(14)15/h4-10H,2-3,11-13H2,1H3. The lowest BCUT2D eigenvalue weighted by molar-refractivity contribution is -0.0617. The van der Waals surface area contributed by atoms with Crippen LogP contribution in [-0.2, 0) is 16.1 Å². The van der Waals surface area contributed by atoms with E-state index in [9.17, 15) is 0 Å². The molecule has 2 aromatic rings. The van der Waals surface area contributed by atoms with Crippen molar-refractivity contribution >= 4 is 10.8 Å². The van der Waals surface area contributed by atoms with Gasteiger partial charge in [0.2, 0.25) is 0 Å². The number of unbranched alkanes of at least 4 members (excludes halogenated alkanes) is 1. The van der Waals surface area contributed by atoms with Crippen molar-refractivity contribution in [3.63, 3.8) is 0 Å². The molecule has 18 heavy (non-hydrogen) atoms. The molecule has 0 heterocycles. The summed E-state index contributed by atoms with van der Waals surface area (Å²) in [6, 6.07) is 14.7. The van der Waals surface area contributed by atoms with Crippen LogP contribution in [0.3, 0.4) is 0 Å². The highest BCUT2D eigenvalue weighted by Gasteiger charge is 1.99. The van der Waals surface area contributed by atoms with Crippen molar-refractivity contribution in [3.05, 3.63) is 48.0 Å². The van der Waals surface area contributed by atoms with Crippen LogP contribution in [0.25, 0.3) is 10.8 Å². The Morgan fingerprint density at radius 1 is 0.944 bits per heavy atom. The minimum Gasteiger partial charge on any atom is -0.355 e. The van der Waals surface area contributed by atoms with Gasteiger partial charge in [0.25, 0.3) is 0 Å². The first-order valence-corrected chi connectivity index (χ1v) is 6.54. The smallest absolute Gasteiger partial charge is 0.147 e. The van der Waals surface area contributed by atoms with Gasteiger partial charge in [-0.2, -0.15) is 0 Å². The van der Waals surface area contributed by atoms with Gasteiger partial charge in [-0.3, -0.25) is 0 Å². The molecule has 0 amide bonds. The average molecular weight is 244 g/mol. The molecule has 2 nitrogen and oxygen atoms in total. The van der Waals surface area contributed by atoms with Gasteiger partial charge in [-0.05, 0) is 22.8 Å². The summed E-state index contributed by atoms with van der Waals surface area (Å²) < 4.78 is 10.9. The number of ether oxygens (including phenoxy) is 2. The Kier molecular flexibility index (Phi) is 5.18. The van der Waals surface area contributed by atoms with E-state index in [1.54, 1.807) is 0 Å². The third kappa shape index (κ3) is 3.56. The molecular weight excluding hydrogens is 224 g/mol. The number of rotatable bonds is 7. The number of hydrogen-bond acceptors (Lipinski definition) is 2. The summed E-state index contributed by atoms with van der Waals surface area (Å²) in [4.78, 5) is 0. The van der Waals surface area contributed by atoms with Crippen LogP contribution < -0.4 is 0 Å². The topological polar surface area (TPSA) is 18.5 Å². The lowest BCUT2D eigenvalue weighted by Gasteiger charge is -2.08. The highest BCUT2D eigenvalue weighted by Crippen LogP contribution is 2.18. The Morgan fingerprint density at radius 2 is 1.78 bits per heavy atom. The fraction of sp³-hybridized carbons (Fsp3) is 0.375. The Morgan fingerprint density at radius 3 is 2.67 bits per heavy atom. The van der Waals surface area contributed by atoms with Gasteiger partial charge in [0.05, 0.1) is 6.61 Å². The number of benzene rings is 2. The van der Waals surface area contributed by atoms with Crippen LogP contribution in [0.4, 0.5) is 0 Å². The van der Waals surface area contributed by atoms with Gasteiger partial charge in [0.1, 0.15) is 6.79 Å². The molecule has 0 bridgehead atoms. The molecule has 0 aliphatic heterocycles. The monoisotopic (exact) mass is 244 g/mol. The van der Waals surface area contributed by atoms with Crippen LogP contribution in [0.2, 0.25) is 0 Å². The van der Waals surface area contributed by atoms with E-state index in [-0.39, 0.29) is 0 Å². The van der Waals surface area contributed by atoms with Crippen LogP contribution in [0.1, 0.15) is 25.3 Å². The third-order valence-electron chi connectivity index (χ3n) is 2.95. The van der Waals surface area contributed by atoms with Gasteiger partial charge in [-0.1, -0.05) is 55.8 Å². The molecule has 0 aliphatic rings. The van der Waals surface area contributed by atoms with Crippen LogP contribution in [0, 0.1) is 0 Å². The first-order valence-electron chi connectivity index (χ1n) is 6.54. The molecule has 0 unspecified atom stereocenters. The zero-order valence-corrected chi connectivity index (χ0v) is 10.9. The summed E-state index contributed by atoms with van der Waals surface area (Å²) in [6.45, 7) is 3.92. The highest BCUT2D eigenvalue weighted by molar-refractivity contribution is 5.85. The Hall–Kier alpha value is -1.38. The van der Waals surface area contributed by atoms with Gasteiger partial charge >= 0.3 is 0 Å². The predicted molar refractivity (Wildman–Crippen MR) is 74.5 cm³/mol. The maximum atomic E-state index is 5.55. The first kappa shape index (κ1) is 13.1. The fourth-order valence-corrected chi connectivity index (χ4v) is 1.93. The summed E-state index contributed by atoms with van der Waals surface area (Å²) in [5.41, 5.74) is 1.21. The van der Waals surface area contributed by atoms with Crippen molar-refractivity contribution in [2.24, 2.45) is 0 Å². The summed E-state index contributed by atoms with van der Waals surface area (Å²) in [7, 11) is 0. The lowest BCUT2D eigenvalue weighted by Crippen LogP contribution is -2.01. The van der Waals surface area contributed by atoms with Crippen molar-refractivity contribution in [1.29, 1.82) is 0 Å². The summed E-state index contributed by atoms with van der Waals surface area (Å²) in [5, 5.41) is 2.51. The molecule has 0 saturated carbocycles. The largest absolute Gasteiger partial charge is 0.355 e. The van der Waals surface area contributed by atoms with Gasteiger partial charge in [0.15, 0.2) is 0 Å². The Labute approximate surface area is 109 Å². The van der Waals surface area contributed by atoms with Crippen molar-refractivity contribution in [1.82, 2.24) is 0 Å². The molecule has 96 valence electrons. The van der Waals surface area contributed by atoms with Crippen LogP contribution in [0.5, 0.6) is 0 Å². The van der Waals surface area contributed by atoms with Gasteiger partial charge in [-0.25, -0.2) is 0 Å². The van der Waals surface area contributed by atoms with Crippen LogP contribution in [0.15, 0.2) is 42.5 Å². The van der Waals surface area contributed by atoms with Gasteiger partial charge in [-0.15, -0.1) is 0 Å². The molecule has 0 spiro atoms. The normalized spacial score (nSPS) is 10.9. The first-order chi connectivity index (χ1) is 8.92. The van der Waals surface area contributed by atoms with Crippen LogP contribution >= 0.6 is 0 Å². The predicted octanol–water partition coefficient (Wildman–Crippen LogP) is 4.13. The molecule has 0 radical (unpaired) electrons. The van der Waals surface area contributed by atoms with Crippen LogP contribution in [-0.4, -0.2) is 13.4 Å². The fourth-order valence-electron chi connectivity index (χ4n) is 1.93. The lowest BCUT2D eigenvalue weighted by atomic mass is 10.1. The van der Waals surface area contributed by atoms with Crippen molar-refractivity contribution in [2.75, 3.05) is 13.4 Å². The molecule has 2 aromatic carbocycles. The zero-order chi connectivity index (χ0) is 12.6. The molecule has 0 atom stereocenters. The van der Waals surface area contributed by atoms with E-state index < -0.39 is 0 Å². The second kappa shape index (κ2) is 7.14. The quantitative estimate of drug-likeness (QED) is 0.538. The second-order valence-corrected chi connectivity index (χ2v) is 4.37. The average Bonchev–Trinajstić information content (AvgIpc) is 2.43. The maximum absolute atomic E-state index is 5.55. The van der Waals surface area contributed by atoms with E-state index in [2.05, 4.69) is 49.4 Å². The molecule has 0 N–H and O–H groups in total. The minimum atomic E-state index is 0.378. The molecule has 0 aromatic heterocycles. The number of fused-ring (bicyclic) bond motifs is 1. The van der Waals surface area contributed by atoms with E-state index >= 15 is 0 Å². The van der Waals surface area contributed by atoms with E-state index in [1.807, 2.05) is 0 Å². The van der Waals surface area contributed by atoms with Gasteiger partial charge in [0, 0.05) is 6.61 Å². The number of hydrogen-bond donors (Lipinski definition) is 0. The molecule has 2 rings (SSSR count). The zero-order valence-electron chi connectivity index (χ0n) is 10.9. The van der Waals surface area contributed by atoms with Crippen molar-refractivity contribution in [3.8, 4) is 0 Å². The summed E-state index contributed by atoms with van der Waals surface area (Å²) in [5.74, 6) is 0. The van der Waals surface area contributed by atoms with Crippen molar-refractivity contribution in [2.45, 2.75) is 26.4 Å². The van der Waals surface area contributed by atoms with E-state index in [0.29, 0.717) is 13.4 Å².